The third-order valence-corrected chi connectivity index (χ3v) is 3.08. The highest BCUT2D eigenvalue weighted by atomic mass is 79.9. The smallest absolute Gasteiger partial charge is 0.340 e. The van der Waals surface area contributed by atoms with Crippen LogP contribution in [-0.4, -0.2) is 13.1 Å². The first-order valence-electron chi connectivity index (χ1n) is 5.62. The molecule has 0 radical (unpaired) electrons. The topological polar surface area (TPSA) is 61.5 Å². The first-order valence-corrected chi connectivity index (χ1v) is 6.42. The van der Waals surface area contributed by atoms with Crippen molar-refractivity contribution < 1.29 is 18.7 Å². The van der Waals surface area contributed by atoms with E-state index >= 15 is 0 Å². The monoisotopic (exact) mass is 339 g/mol. The van der Waals surface area contributed by atoms with E-state index in [4.69, 9.17) is 10.5 Å². The Hall–Kier alpha value is -2.08. The van der Waals surface area contributed by atoms with Crippen molar-refractivity contribution in [3.8, 4) is 11.5 Å². The Bertz CT molecular complexity index is 661. The molecule has 0 aliphatic heterocycles. The first-order chi connectivity index (χ1) is 9.52. The molecule has 2 rings (SSSR count). The average molecular weight is 340 g/mol. The maximum absolute atomic E-state index is 13.7. The molecule has 0 bridgehead atoms. The Kier molecular flexibility index (Phi) is 4.24. The molecule has 0 spiro atoms. The first kappa shape index (κ1) is 14.3. The van der Waals surface area contributed by atoms with E-state index in [0.717, 1.165) is 0 Å². The molecule has 0 heterocycles. The fourth-order valence-corrected chi connectivity index (χ4v) is 1.93. The van der Waals surface area contributed by atoms with Crippen LogP contribution in [0.15, 0.2) is 40.9 Å². The lowest BCUT2D eigenvalue weighted by atomic mass is 10.1. The fraction of sp³-hybridized carbons (Fsp3) is 0.0714. The number of nitrogen functional groups attached to an aromatic ring is 1. The van der Waals surface area contributed by atoms with Crippen molar-refractivity contribution in [3.63, 3.8) is 0 Å². The summed E-state index contributed by atoms with van der Waals surface area (Å²) in [6, 6.07) is 9.00. The zero-order chi connectivity index (χ0) is 14.7. The second-order valence-electron chi connectivity index (χ2n) is 3.89. The molecule has 6 heteroatoms. The van der Waals surface area contributed by atoms with Crippen LogP contribution >= 0.6 is 15.9 Å². The molecule has 0 fully saturated rings. The summed E-state index contributed by atoms with van der Waals surface area (Å²) >= 11 is 3.15. The summed E-state index contributed by atoms with van der Waals surface area (Å²) in [5, 5.41) is 0. The van der Waals surface area contributed by atoms with Gasteiger partial charge in [0.2, 0.25) is 0 Å². The molecule has 104 valence electrons. The molecule has 2 aromatic rings. The molecule has 0 atom stereocenters. The minimum atomic E-state index is -0.579. The van der Waals surface area contributed by atoms with Gasteiger partial charge < -0.3 is 15.2 Å². The van der Waals surface area contributed by atoms with Crippen molar-refractivity contribution in [2.75, 3.05) is 12.8 Å². The normalized spacial score (nSPS) is 10.2. The van der Waals surface area contributed by atoms with E-state index in [9.17, 15) is 9.18 Å². The lowest BCUT2D eigenvalue weighted by Gasteiger charge is -2.11. The number of nitrogens with two attached hydrogens (primary N) is 1. The summed E-state index contributed by atoms with van der Waals surface area (Å²) < 4.78 is 24.3. The number of hydrogen-bond donors (Lipinski definition) is 1. The van der Waals surface area contributed by atoms with E-state index < -0.39 is 11.8 Å². The minimum Gasteiger partial charge on any atom is -0.465 e. The van der Waals surface area contributed by atoms with Crippen molar-refractivity contribution in [2.24, 2.45) is 0 Å². The number of ether oxygens (including phenoxy) is 2. The van der Waals surface area contributed by atoms with Crippen LogP contribution in [-0.2, 0) is 4.74 Å². The Morgan fingerprint density at radius 1 is 1.25 bits per heavy atom. The molecular formula is C14H11BrFNO3. The van der Waals surface area contributed by atoms with Crippen molar-refractivity contribution in [1.29, 1.82) is 0 Å². The van der Waals surface area contributed by atoms with Crippen molar-refractivity contribution >= 4 is 27.6 Å². The Balaban J connectivity index is 2.37. The van der Waals surface area contributed by atoms with Gasteiger partial charge in [-0.05, 0) is 30.3 Å². The molecule has 0 aromatic heterocycles. The Morgan fingerprint density at radius 3 is 2.65 bits per heavy atom. The summed E-state index contributed by atoms with van der Waals surface area (Å²) in [4.78, 5) is 11.5. The van der Waals surface area contributed by atoms with Gasteiger partial charge in [0.25, 0.3) is 0 Å². The van der Waals surface area contributed by atoms with E-state index in [1.165, 1.54) is 25.3 Å². The molecule has 0 saturated heterocycles. The van der Waals surface area contributed by atoms with E-state index in [1.807, 2.05) is 0 Å². The van der Waals surface area contributed by atoms with Crippen LogP contribution < -0.4 is 10.5 Å². The van der Waals surface area contributed by atoms with Crippen molar-refractivity contribution in [2.45, 2.75) is 0 Å². The Morgan fingerprint density at radius 2 is 2.00 bits per heavy atom. The van der Waals surface area contributed by atoms with Crippen molar-refractivity contribution in [3.05, 3.63) is 52.3 Å². The van der Waals surface area contributed by atoms with Gasteiger partial charge >= 0.3 is 5.97 Å². The zero-order valence-electron chi connectivity index (χ0n) is 10.5. The number of rotatable bonds is 3. The molecule has 2 aromatic carbocycles. The van der Waals surface area contributed by atoms with Crippen LogP contribution in [0.3, 0.4) is 0 Å². The second-order valence-corrected chi connectivity index (χ2v) is 4.80. The van der Waals surface area contributed by atoms with Gasteiger partial charge in [0.15, 0.2) is 17.3 Å². The number of para-hydroxylation sites is 1. The lowest BCUT2D eigenvalue weighted by Crippen LogP contribution is -2.06. The van der Waals surface area contributed by atoms with Gasteiger partial charge in [-0.2, -0.15) is 0 Å². The summed E-state index contributed by atoms with van der Waals surface area (Å²) in [6.07, 6.45) is 0. The van der Waals surface area contributed by atoms with Crippen LogP contribution in [0.4, 0.5) is 10.1 Å². The summed E-state index contributed by atoms with van der Waals surface area (Å²) in [7, 11) is 1.25. The van der Waals surface area contributed by atoms with E-state index in [0.29, 0.717) is 4.47 Å². The molecule has 0 aliphatic carbocycles. The van der Waals surface area contributed by atoms with Crippen molar-refractivity contribution in [1.82, 2.24) is 0 Å². The van der Waals surface area contributed by atoms with Gasteiger partial charge in [-0.1, -0.05) is 22.0 Å². The second kappa shape index (κ2) is 5.92. The Labute approximate surface area is 123 Å². The number of anilines is 1. The quantitative estimate of drug-likeness (QED) is 0.683. The average Bonchev–Trinajstić information content (AvgIpc) is 2.43. The van der Waals surface area contributed by atoms with Gasteiger partial charge in [0.05, 0.1) is 18.4 Å². The third kappa shape index (κ3) is 2.91. The van der Waals surface area contributed by atoms with Gasteiger partial charge in [0.1, 0.15) is 0 Å². The number of esters is 1. The van der Waals surface area contributed by atoms with Crippen LogP contribution in [0, 0.1) is 5.82 Å². The predicted molar refractivity (Wildman–Crippen MR) is 76.4 cm³/mol. The standard InChI is InChI=1S/C14H11BrFNO3/c1-19-14(18)9-3-2-4-12(13(9)17)20-11-6-5-8(15)7-10(11)16/h2-7H,17H2,1H3. The molecule has 2 N–H and O–H groups in total. The maximum Gasteiger partial charge on any atom is 0.340 e. The highest BCUT2D eigenvalue weighted by Gasteiger charge is 2.15. The molecule has 0 unspecified atom stereocenters. The van der Waals surface area contributed by atoms with Crippen LogP contribution in [0.1, 0.15) is 10.4 Å². The maximum atomic E-state index is 13.7. The number of halogens is 2. The fourth-order valence-electron chi connectivity index (χ4n) is 1.60. The molecule has 4 nitrogen and oxygen atoms in total. The summed E-state index contributed by atoms with van der Waals surface area (Å²) in [5.74, 6) is -0.914. The van der Waals surface area contributed by atoms with Crippen LogP contribution in [0.25, 0.3) is 0 Å². The minimum absolute atomic E-state index is 0.0157. The molecule has 0 aliphatic rings. The summed E-state index contributed by atoms with van der Waals surface area (Å²) in [5.41, 5.74) is 6.10. The largest absolute Gasteiger partial charge is 0.465 e. The van der Waals surface area contributed by atoms with Gasteiger partial charge in [-0.25, -0.2) is 9.18 Å². The highest BCUT2D eigenvalue weighted by molar-refractivity contribution is 9.10. The van der Waals surface area contributed by atoms with Crippen LogP contribution in [0.5, 0.6) is 11.5 Å². The van der Waals surface area contributed by atoms with E-state index in [2.05, 4.69) is 20.7 Å². The molecule has 0 amide bonds. The van der Waals surface area contributed by atoms with Gasteiger partial charge in [-0.15, -0.1) is 0 Å². The molecule has 0 saturated carbocycles. The van der Waals surface area contributed by atoms with Crippen LogP contribution in [0.2, 0.25) is 0 Å². The molecule has 20 heavy (non-hydrogen) atoms. The van der Waals surface area contributed by atoms with Gasteiger partial charge in [-0.3, -0.25) is 0 Å². The number of methoxy groups -OCH3 is 1. The summed E-state index contributed by atoms with van der Waals surface area (Å²) in [6.45, 7) is 0. The highest BCUT2D eigenvalue weighted by Crippen LogP contribution is 2.32. The number of carbonyl (C=O) groups excluding carboxylic acids is 1. The molecular weight excluding hydrogens is 329 g/mol. The lowest BCUT2D eigenvalue weighted by molar-refractivity contribution is 0.0601. The van der Waals surface area contributed by atoms with Gasteiger partial charge in [0, 0.05) is 4.47 Å². The number of benzene rings is 2. The SMILES string of the molecule is COC(=O)c1cccc(Oc2ccc(Br)cc2F)c1N. The van der Waals surface area contributed by atoms with E-state index in [1.54, 1.807) is 18.2 Å². The predicted octanol–water partition coefficient (Wildman–Crippen LogP) is 3.75. The third-order valence-electron chi connectivity index (χ3n) is 2.59. The van der Waals surface area contributed by atoms with E-state index in [-0.39, 0.29) is 22.7 Å². The number of hydrogen-bond acceptors (Lipinski definition) is 4. The number of carbonyl (C=O) groups is 1. The zero-order valence-corrected chi connectivity index (χ0v) is 12.1.